The minimum atomic E-state index is -0.884. The SMILES string of the molecule is Cc1cc(O)ccc1[C@H]1C[C@@H]1c1cccc(C(=O)O)c1. The number of aromatic hydroxyl groups is 1. The summed E-state index contributed by atoms with van der Waals surface area (Å²) in [6.45, 7) is 2.00. The first-order valence-electron chi connectivity index (χ1n) is 6.69. The Hall–Kier alpha value is -2.29. The lowest BCUT2D eigenvalue weighted by Crippen LogP contribution is -1.97. The lowest BCUT2D eigenvalue weighted by atomic mass is 9.99. The zero-order chi connectivity index (χ0) is 14.3. The molecule has 2 aromatic rings. The monoisotopic (exact) mass is 268 g/mol. The van der Waals surface area contributed by atoms with Crippen LogP contribution in [0.25, 0.3) is 0 Å². The van der Waals surface area contributed by atoms with Crippen LogP contribution in [0, 0.1) is 6.92 Å². The predicted molar refractivity (Wildman–Crippen MR) is 76.3 cm³/mol. The highest BCUT2D eigenvalue weighted by Crippen LogP contribution is 2.55. The fraction of sp³-hybridized carbons (Fsp3) is 0.235. The van der Waals surface area contributed by atoms with Gasteiger partial charge >= 0.3 is 5.97 Å². The van der Waals surface area contributed by atoms with Crippen molar-refractivity contribution in [3.05, 3.63) is 64.7 Å². The second-order valence-corrected chi connectivity index (χ2v) is 5.42. The molecule has 0 aromatic heterocycles. The van der Waals surface area contributed by atoms with Gasteiger partial charge in [0.1, 0.15) is 5.75 Å². The molecule has 1 saturated carbocycles. The topological polar surface area (TPSA) is 57.5 Å². The number of carbonyl (C=O) groups is 1. The van der Waals surface area contributed by atoms with Gasteiger partial charge in [-0.2, -0.15) is 0 Å². The summed E-state index contributed by atoms with van der Waals surface area (Å²) in [4.78, 5) is 11.0. The van der Waals surface area contributed by atoms with E-state index >= 15 is 0 Å². The third-order valence-electron chi connectivity index (χ3n) is 4.01. The number of aryl methyl sites for hydroxylation is 1. The highest BCUT2D eigenvalue weighted by Gasteiger charge is 2.40. The number of phenols is 1. The Morgan fingerprint density at radius 2 is 1.95 bits per heavy atom. The average Bonchev–Trinajstić information content (AvgIpc) is 3.19. The Morgan fingerprint density at radius 3 is 2.65 bits per heavy atom. The number of hydrogen-bond acceptors (Lipinski definition) is 2. The fourth-order valence-electron chi connectivity index (χ4n) is 2.89. The number of hydrogen-bond donors (Lipinski definition) is 2. The molecule has 1 aliphatic carbocycles. The summed E-state index contributed by atoms with van der Waals surface area (Å²) in [7, 11) is 0. The number of carboxylic acids is 1. The van der Waals surface area contributed by atoms with E-state index in [9.17, 15) is 9.90 Å². The molecule has 0 amide bonds. The smallest absolute Gasteiger partial charge is 0.335 e. The molecule has 2 atom stereocenters. The van der Waals surface area contributed by atoms with E-state index in [0.717, 1.165) is 17.5 Å². The van der Waals surface area contributed by atoms with Crippen molar-refractivity contribution in [1.29, 1.82) is 0 Å². The quantitative estimate of drug-likeness (QED) is 0.893. The van der Waals surface area contributed by atoms with Crippen LogP contribution in [0.3, 0.4) is 0 Å². The molecule has 3 rings (SSSR count). The zero-order valence-electron chi connectivity index (χ0n) is 11.2. The Balaban J connectivity index is 1.85. The molecule has 0 saturated heterocycles. The fourth-order valence-corrected chi connectivity index (χ4v) is 2.89. The van der Waals surface area contributed by atoms with Crippen molar-refractivity contribution in [2.24, 2.45) is 0 Å². The van der Waals surface area contributed by atoms with Crippen LogP contribution in [-0.4, -0.2) is 16.2 Å². The van der Waals surface area contributed by atoms with Crippen LogP contribution in [0.1, 0.15) is 45.3 Å². The highest BCUT2D eigenvalue weighted by atomic mass is 16.4. The van der Waals surface area contributed by atoms with E-state index < -0.39 is 5.97 Å². The Morgan fingerprint density at radius 1 is 1.15 bits per heavy atom. The summed E-state index contributed by atoms with van der Waals surface area (Å²) >= 11 is 0. The minimum absolute atomic E-state index is 0.288. The Labute approximate surface area is 117 Å². The van der Waals surface area contributed by atoms with Gasteiger partial charge in [0.25, 0.3) is 0 Å². The standard InChI is InChI=1S/C17H16O3/c1-10-7-13(18)5-6-14(10)16-9-15(16)11-3-2-4-12(8-11)17(19)20/h2-8,15-16,18H,9H2,1H3,(H,19,20)/t15-,16-/m1/s1. The molecule has 1 fully saturated rings. The van der Waals surface area contributed by atoms with Gasteiger partial charge in [-0.25, -0.2) is 4.79 Å². The summed E-state index contributed by atoms with van der Waals surface area (Å²) in [5.74, 6) is 0.221. The van der Waals surface area contributed by atoms with Crippen LogP contribution in [0.4, 0.5) is 0 Å². The van der Waals surface area contributed by atoms with E-state index in [2.05, 4.69) is 0 Å². The van der Waals surface area contributed by atoms with Crippen molar-refractivity contribution >= 4 is 5.97 Å². The molecular weight excluding hydrogens is 252 g/mol. The molecular formula is C17H16O3. The lowest BCUT2D eigenvalue weighted by Gasteiger charge is -2.06. The van der Waals surface area contributed by atoms with E-state index in [1.807, 2.05) is 19.1 Å². The van der Waals surface area contributed by atoms with Gasteiger partial charge in [-0.15, -0.1) is 0 Å². The molecule has 102 valence electrons. The molecule has 0 spiro atoms. The number of aromatic carboxylic acids is 1. The van der Waals surface area contributed by atoms with Gasteiger partial charge < -0.3 is 10.2 Å². The van der Waals surface area contributed by atoms with Gasteiger partial charge in [-0.05, 0) is 66.1 Å². The van der Waals surface area contributed by atoms with Crippen LogP contribution in [0.15, 0.2) is 42.5 Å². The molecule has 20 heavy (non-hydrogen) atoms. The number of phenolic OH excluding ortho intramolecular Hbond substituents is 1. The largest absolute Gasteiger partial charge is 0.508 e. The van der Waals surface area contributed by atoms with Crippen molar-refractivity contribution in [3.8, 4) is 5.75 Å². The summed E-state index contributed by atoms with van der Waals surface area (Å²) in [5, 5.41) is 18.5. The first-order valence-corrected chi connectivity index (χ1v) is 6.69. The van der Waals surface area contributed by atoms with Crippen LogP contribution in [-0.2, 0) is 0 Å². The van der Waals surface area contributed by atoms with Crippen LogP contribution in [0.2, 0.25) is 0 Å². The summed E-state index contributed by atoms with van der Waals surface area (Å²) in [5.41, 5.74) is 3.76. The second kappa shape index (κ2) is 4.67. The maximum absolute atomic E-state index is 11.0. The van der Waals surface area contributed by atoms with Crippen LogP contribution >= 0.6 is 0 Å². The molecule has 2 N–H and O–H groups in total. The maximum Gasteiger partial charge on any atom is 0.335 e. The first-order chi connectivity index (χ1) is 9.56. The molecule has 0 radical (unpaired) electrons. The summed E-state index contributed by atoms with van der Waals surface area (Å²) < 4.78 is 0. The third kappa shape index (κ3) is 2.27. The zero-order valence-corrected chi connectivity index (χ0v) is 11.2. The van der Waals surface area contributed by atoms with Crippen molar-refractivity contribution in [2.45, 2.75) is 25.2 Å². The van der Waals surface area contributed by atoms with Gasteiger partial charge in [0.05, 0.1) is 5.56 Å². The Bertz CT molecular complexity index is 676. The molecule has 0 bridgehead atoms. The molecule has 2 aromatic carbocycles. The van der Waals surface area contributed by atoms with E-state index in [1.54, 1.807) is 30.3 Å². The number of carboxylic acid groups (broad SMARTS) is 1. The van der Waals surface area contributed by atoms with Crippen LogP contribution in [0.5, 0.6) is 5.75 Å². The summed E-state index contributed by atoms with van der Waals surface area (Å²) in [6.07, 6.45) is 1.04. The van der Waals surface area contributed by atoms with Gasteiger partial charge in [0.2, 0.25) is 0 Å². The average molecular weight is 268 g/mol. The third-order valence-corrected chi connectivity index (χ3v) is 4.01. The Kier molecular flexibility index (Phi) is 2.97. The van der Waals surface area contributed by atoms with E-state index in [0.29, 0.717) is 17.4 Å². The lowest BCUT2D eigenvalue weighted by molar-refractivity contribution is 0.0696. The first kappa shape index (κ1) is 12.7. The molecule has 1 aliphatic rings. The van der Waals surface area contributed by atoms with Crippen molar-refractivity contribution in [1.82, 2.24) is 0 Å². The minimum Gasteiger partial charge on any atom is -0.508 e. The van der Waals surface area contributed by atoms with Crippen molar-refractivity contribution in [2.75, 3.05) is 0 Å². The molecule has 0 unspecified atom stereocenters. The maximum atomic E-state index is 11.0. The van der Waals surface area contributed by atoms with Crippen molar-refractivity contribution < 1.29 is 15.0 Å². The molecule has 3 nitrogen and oxygen atoms in total. The van der Waals surface area contributed by atoms with Gasteiger partial charge in [0.15, 0.2) is 0 Å². The number of rotatable bonds is 3. The van der Waals surface area contributed by atoms with Gasteiger partial charge in [-0.3, -0.25) is 0 Å². The van der Waals surface area contributed by atoms with Crippen LogP contribution < -0.4 is 0 Å². The van der Waals surface area contributed by atoms with Crippen molar-refractivity contribution in [3.63, 3.8) is 0 Å². The number of benzene rings is 2. The normalized spacial score (nSPS) is 20.6. The van der Waals surface area contributed by atoms with E-state index in [4.69, 9.17) is 5.11 Å². The van der Waals surface area contributed by atoms with E-state index in [-0.39, 0.29) is 5.75 Å². The van der Waals surface area contributed by atoms with Gasteiger partial charge in [-0.1, -0.05) is 18.2 Å². The molecule has 0 aliphatic heterocycles. The van der Waals surface area contributed by atoms with Gasteiger partial charge in [0, 0.05) is 0 Å². The predicted octanol–water partition coefficient (Wildman–Crippen LogP) is 3.67. The highest BCUT2D eigenvalue weighted by molar-refractivity contribution is 5.87. The summed E-state index contributed by atoms with van der Waals surface area (Å²) in [6, 6.07) is 12.6. The van der Waals surface area contributed by atoms with E-state index in [1.165, 1.54) is 5.56 Å². The second-order valence-electron chi connectivity index (χ2n) is 5.42. The molecule has 3 heteroatoms. The molecule has 0 heterocycles.